The standard InChI is InChI=1S/C23H24N4O2S/c1-15(2)27-21(20(25-23(27)30)18-7-4-5-13-24-18)19-8-6-14-26(19)17-11-9-16(10-12-17)22(28)29-3/h4-15,20-21H,1-3H3,(H,25,30)/t20-,21+/m1/s1. The van der Waals surface area contributed by atoms with E-state index >= 15 is 0 Å². The average molecular weight is 421 g/mol. The molecule has 0 unspecified atom stereocenters. The average Bonchev–Trinajstić information content (AvgIpc) is 3.38. The van der Waals surface area contributed by atoms with Gasteiger partial charge in [0.05, 0.1) is 30.5 Å². The minimum atomic E-state index is -0.346. The Morgan fingerprint density at radius 3 is 2.53 bits per heavy atom. The van der Waals surface area contributed by atoms with Gasteiger partial charge in [-0.3, -0.25) is 4.98 Å². The number of carbonyl (C=O) groups is 1. The number of pyridine rings is 1. The molecule has 0 radical (unpaired) electrons. The van der Waals surface area contributed by atoms with Crippen molar-refractivity contribution in [1.82, 2.24) is 19.8 Å². The van der Waals surface area contributed by atoms with Gasteiger partial charge in [-0.1, -0.05) is 6.07 Å². The van der Waals surface area contributed by atoms with Gasteiger partial charge in [0, 0.05) is 29.8 Å². The van der Waals surface area contributed by atoms with Gasteiger partial charge in [-0.25, -0.2) is 4.79 Å². The number of thiocarbonyl (C=S) groups is 1. The van der Waals surface area contributed by atoms with Crippen LogP contribution in [0.25, 0.3) is 5.69 Å². The molecule has 3 aromatic rings. The summed E-state index contributed by atoms with van der Waals surface area (Å²) in [7, 11) is 1.38. The summed E-state index contributed by atoms with van der Waals surface area (Å²) in [5.74, 6) is -0.346. The molecule has 30 heavy (non-hydrogen) atoms. The fourth-order valence-corrected chi connectivity index (χ4v) is 4.44. The van der Waals surface area contributed by atoms with Crippen molar-refractivity contribution in [1.29, 1.82) is 0 Å². The molecule has 2 aromatic heterocycles. The molecule has 3 heterocycles. The van der Waals surface area contributed by atoms with Crippen LogP contribution in [0, 0.1) is 0 Å². The summed E-state index contributed by atoms with van der Waals surface area (Å²) >= 11 is 5.69. The first-order valence-corrected chi connectivity index (χ1v) is 10.3. The molecule has 0 amide bonds. The van der Waals surface area contributed by atoms with Gasteiger partial charge in [0.15, 0.2) is 5.11 Å². The molecule has 4 rings (SSSR count). The Hall–Kier alpha value is -3.19. The highest BCUT2D eigenvalue weighted by Gasteiger charge is 2.42. The summed E-state index contributed by atoms with van der Waals surface area (Å²) in [4.78, 5) is 18.6. The molecule has 0 spiro atoms. The third kappa shape index (κ3) is 3.57. The molecule has 1 aromatic carbocycles. The van der Waals surface area contributed by atoms with Crippen LogP contribution in [0.1, 0.15) is 47.7 Å². The normalized spacial score (nSPS) is 18.5. The minimum absolute atomic E-state index is 0.0253. The van der Waals surface area contributed by atoms with Gasteiger partial charge in [-0.2, -0.15) is 0 Å². The summed E-state index contributed by atoms with van der Waals surface area (Å²) in [6.07, 6.45) is 3.83. The van der Waals surface area contributed by atoms with E-state index in [4.69, 9.17) is 17.0 Å². The van der Waals surface area contributed by atoms with E-state index < -0.39 is 0 Å². The second-order valence-electron chi connectivity index (χ2n) is 7.47. The topological polar surface area (TPSA) is 59.4 Å². The summed E-state index contributed by atoms with van der Waals surface area (Å²) in [6.45, 7) is 4.28. The number of nitrogens with zero attached hydrogens (tertiary/aromatic N) is 3. The Balaban J connectivity index is 1.77. The Morgan fingerprint density at radius 1 is 1.13 bits per heavy atom. The number of ether oxygens (including phenoxy) is 1. The first-order chi connectivity index (χ1) is 14.5. The SMILES string of the molecule is COC(=O)c1ccc(-n2cccc2[C@H]2[C@@H](c3ccccn3)NC(=S)N2C(C)C)cc1. The fourth-order valence-electron chi connectivity index (χ4n) is 3.98. The first kappa shape index (κ1) is 20.1. The van der Waals surface area contributed by atoms with Crippen LogP contribution in [-0.4, -0.2) is 38.7 Å². The monoisotopic (exact) mass is 420 g/mol. The molecule has 1 fully saturated rings. The van der Waals surface area contributed by atoms with Crippen LogP contribution in [0.4, 0.5) is 0 Å². The van der Waals surface area contributed by atoms with Gasteiger partial charge < -0.3 is 19.5 Å². The van der Waals surface area contributed by atoms with Crippen molar-refractivity contribution in [2.24, 2.45) is 0 Å². The minimum Gasteiger partial charge on any atom is -0.465 e. The first-order valence-electron chi connectivity index (χ1n) is 9.87. The zero-order chi connectivity index (χ0) is 21.3. The molecule has 1 N–H and O–H groups in total. The van der Waals surface area contributed by atoms with E-state index in [-0.39, 0.29) is 24.1 Å². The maximum atomic E-state index is 11.8. The van der Waals surface area contributed by atoms with Gasteiger partial charge in [0.25, 0.3) is 0 Å². The highest BCUT2D eigenvalue weighted by Crippen LogP contribution is 2.40. The summed E-state index contributed by atoms with van der Waals surface area (Å²) in [6, 6.07) is 17.6. The number of methoxy groups -OCH3 is 1. The van der Waals surface area contributed by atoms with Crippen LogP contribution in [0.2, 0.25) is 0 Å². The molecular formula is C23H24N4O2S. The van der Waals surface area contributed by atoms with Crippen molar-refractivity contribution in [3.63, 3.8) is 0 Å². The predicted molar refractivity (Wildman–Crippen MR) is 120 cm³/mol. The van der Waals surface area contributed by atoms with E-state index in [1.165, 1.54) is 7.11 Å². The van der Waals surface area contributed by atoms with Crippen LogP contribution in [0.3, 0.4) is 0 Å². The Bertz CT molecular complexity index is 1050. The molecule has 154 valence electrons. The Kier molecular flexibility index (Phi) is 5.55. The third-order valence-electron chi connectivity index (χ3n) is 5.34. The number of benzene rings is 1. The van der Waals surface area contributed by atoms with Gasteiger partial charge >= 0.3 is 5.97 Å². The lowest BCUT2D eigenvalue weighted by Crippen LogP contribution is -2.36. The molecule has 7 heteroatoms. The van der Waals surface area contributed by atoms with E-state index in [0.29, 0.717) is 5.56 Å². The number of nitrogens with one attached hydrogen (secondary N) is 1. The van der Waals surface area contributed by atoms with Crippen molar-refractivity contribution in [3.8, 4) is 5.69 Å². The molecule has 6 nitrogen and oxygen atoms in total. The number of carbonyl (C=O) groups excluding carboxylic acids is 1. The van der Waals surface area contributed by atoms with Crippen molar-refractivity contribution in [2.45, 2.75) is 32.0 Å². The smallest absolute Gasteiger partial charge is 0.337 e. The second-order valence-corrected chi connectivity index (χ2v) is 7.86. The van der Waals surface area contributed by atoms with Crippen molar-refractivity contribution < 1.29 is 9.53 Å². The van der Waals surface area contributed by atoms with Crippen molar-refractivity contribution in [3.05, 3.63) is 83.9 Å². The molecule has 1 aliphatic rings. The Morgan fingerprint density at radius 2 is 1.90 bits per heavy atom. The summed E-state index contributed by atoms with van der Waals surface area (Å²) < 4.78 is 6.94. The van der Waals surface area contributed by atoms with E-state index in [9.17, 15) is 4.79 Å². The van der Waals surface area contributed by atoms with Crippen LogP contribution in [0.15, 0.2) is 67.0 Å². The third-order valence-corrected chi connectivity index (χ3v) is 5.67. The highest BCUT2D eigenvalue weighted by atomic mass is 32.1. The maximum Gasteiger partial charge on any atom is 0.337 e. The Labute approximate surface area is 181 Å². The van der Waals surface area contributed by atoms with Crippen LogP contribution >= 0.6 is 12.2 Å². The number of hydrogen-bond donors (Lipinski definition) is 1. The largest absolute Gasteiger partial charge is 0.465 e. The number of hydrogen-bond acceptors (Lipinski definition) is 4. The molecule has 0 saturated carbocycles. The fraction of sp³-hybridized carbons (Fsp3) is 0.261. The highest BCUT2D eigenvalue weighted by molar-refractivity contribution is 7.80. The van der Waals surface area contributed by atoms with Gasteiger partial charge in [0.2, 0.25) is 0 Å². The molecular weight excluding hydrogens is 396 g/mol. The van der Waals surface area contributed by atoms with E-state index in [2.05, 4.69) is 39.7 Å². The lowest BCUT2D eigenvalue weighted by Gasteiger charge is -2.31. The van der Waals surface area contributed by atoms with Crippen LogP contribution in [0.5, 0.6) is 0 Å². The van der Waals surface area contributed by atoms with Gasteiger partial charge in [-0.15, -0.1) is 0 Å². The van der Waals surface area contributed by atoms with E-state index in [1.807, 2.05) is 42.6 Å². The number of rotatable bonds is 5. The predicted octanol–water partition coefficient (Wildman–Crippen LogP) is 4.04. The van der Waals surface area contributed by atoms with Gasteiger partial charge in [0.1, 0.15) is 0 Å². The molecule has 0 aliphatic carbocycles. The quantitative estimate of drug-likeness (QED) is 0.497. The lowest BCUT2D eigenvalue weighted by molar-refractivity contribution is 0.0600. The van der Waals surface area contributed by atoms with E-state index in [0.717, 1.165) is 22.2 Å². The van der Waals surface area contributed by atoms with Crippen molar-refractivity contribution in [2.75, 3.05) is 7.11 Å². The number of esters is 1. The summed E-state index contributed by atoms with van der Waals surface area (Å²) in [5.41, 5.74) is 3.53. The van der Waals surface area contributed by atoms with Crippen molar-refractivity contribution >= 4 is 23.3 Å². The zero-order valence-electron chi connectivity index (χ0n) is 17.1. The lowest BCUT2D eigenvalue weighted by atomic mass is 10.0. The maximum absolute atomic E-state index is 11.8. The van der Waals surface area contributed by atoms with Crippen LogP contribution < -0.4 is 5.32 Å². The summed E-state index contributed by atoms with van der Waals surface area (Å²) in [5, 5.41) is 4.19. The van der Waals surface area contributed by atoms with Crippen LogP contribution in [-0.2, 0) is 4.74 Å². The number of aromatic nitrogens is 2. The zero-order valence-corrected chi connectivity index (χ0v) is 18.0. The molecule has 1 saturated heterocycles. The molecule has 2 atom stereocenters. The second kappa shape index (κ2) is 8.28. The van der Waals surface area contributed by atoms with E-state index in [1.54, 1.807) is 18.3 Å². The van der Waals surface area contributed by atoms with Gasteiger partial charge in [-0.05, 0) is 74.6 Å². The molecule has 1 aliphatic heterocycles. The molecule has 0 bridgehead atoms.